The van der Waals surface area contributed by atoms with Gasteiger partial charge >= 0.3 is 0 Å². The third-order valence-electron chi connectivity index (χ3n) is 3.64. The number of aromatic hydroxyl groups is 1. The quantitative estimate of drug-likeness (QED) is 0.891. The van der Waals surface area contributed by atoms with Crippen LogP contribution in [0.25, 0.3) is 0 Å². The summed E-state index contributed by atoms with van der Waals surface area (Å²) in [5.41, 5.74) is 0.0229. The Hall–Kier alpha value is -1.43. The number of hydrogen-bond donors (Lipinski definition) is 2. The smallest absolute Gasteiger partial charge is 0.274 e. The molecule has 1 heterocycles. The van der Waals surface area contributed by atoms with Crippen LogP contribution >= 0.6 is 11.8 Å². The lowest BCUT2D eigenvalue weighted by atomic mass is 9.94. The molecule has 2 unspecified atom stereocenters. The van der Waals surface area contributed by atoms with Gasteiger partial charge in [-0.25, -0.2) is 4.98 Å². The van der Waals surface area contributed by atoms with E-state index in [4.69, 9.17) is 4.74 Å². The molecule has 2 rings (SSSR count). The number of aromatic nitrogens is 1. The van der Waals surface area contributed by atoms with Gasteiger partial charge in [0, 0.05) is 23.6 Å². The number of nitrogens with zero attached hydrogens (tertiary/aromatic N) is 1. The van der Waals surface area contributed by atoms with Crippen LogP contribution in [0.5, 0.6) is 11.5 Å². The van der Waals surface area contributed by atoms with Crippen LogP contribution in [0.15, 0.2) is 12.3 Å². The lowest BCUT2D eigenvalue weighted by Gasteiger charge is -2.30. The van der Waals surface area contributed by atoms with Crippen LogP contribution in [-0.4, -0.2) is 40.7 Å². The first-order valence-corrected chi connectivity index (χ1v) is 8.01. The van der Waals surface area contributed by atoms with Crippen molar-refractivity contribution >= 4 is 17.7 Å². The Morgan fingerprint density at radius 3 is 2.95 bits per heavy atom. The molecule has 0 spiro atoms. The van der Waals surface area contributed by atoms with Gasteiger partial charge in [-0.05, 0) is 19.1 Å². The summed E-state index contributed by atoms with van der Waals surface area (Å²) in [5.74, 6) is -0.286. The number of rotatable bonds is 4. The normalized spacial score (nSPS) is 22.3. The van der Waals surface area contributed by atoms with Crippen molar-refractivity contribution in [1.29, 1.82) is 0 Å². The van der Waals surface area contributed by atoms with Gasteiger partial charge in [0.2, 0.25) is 0 Å². The Kier molecular flexibility index (Phi) is 5.11. The van der Waals surface area contributed by atoms with E-state index in [-0.39, 0.29) is 29.1 Å². The van der Waals surface area contributed by atoms with Crippen LogP contribution in [0.4, 0.5) is 0 Å². The van der Waals surface area contributed by atoms with Crippen molar-refractivity contribution in [3.05, 3.63) is 18.0 Å². The molecule has 0 aliphatic heterocycles. The molecular weight excluding hydrogens is 276 g/mol. The van der Waals surface area contributed by atoms with Gasteiger partial charge in [-0.1, -0.05) is 12.8 Å². The number of nitrogens with one attached hydrogen (secondary N) is 1. The SMILES string of the molecule is COc1ccnc(C(=O)NC2CCCCC2SC)c1O. The van der Waals surface area contributed by atoms with Gasteiger partial charge in [0.25, 0.3) is 5.91 Å². The largest absolute Gasteiger partial charge is 0.503 e. The van der Waals surface area contributed by atoms with Crippen molar-refractivity contribution in [2.75, 3.05) is 13.4 Å². The zero-order chi connectivity index (χ0) is 14.5. The molecule has 6 heteroatoms. The van der Waals surface area contributed by atoms with E-state index in [9.17, 15) is 9.90 Å². The minimum Gasteiger partial charge on any atom is -0.503 e. The summed E-state index contributed by atoms with van der Waals surface area (Å²) < 4.78 is 4.99. The summed E-state index contributed by atoms with van der Waals surface area (Å²) in [7, 11) is 1.45. The Labute approximate surface area is 123 Å². The van der Waals surface area contributed by atoms with Gasteiger partial charge in [0.1, 0.15) is 0 Å². The predicted molar refractivity (Wildman–Crippen MR) is 79.5 cm³/mol. The molecular formula is C14H20N2O3S. The number of methoxy groups -OCH3 is 1. The van der Waals surface area contributed by atoms with Crippen molar-refractivity contribution in [3.63, 3.8) is 0 Å². The zero-order valence-electron chi connectivity index (χ0n) is 11.8. The predicted octanol–water partition coefficient (Wildman–Crippen LogP) is 2.20. The summed E-state index contributed by atoms with van der Waals surface area (Å²) in [5, 5.41) is 13.4. The lowest BCUT2D eigenvalue weighted by molar-refractivity contribution is 0.0920. The molecule has 0 bridgehead atoms. The fraction of sp³-hybridized carbons (Fsp3) is 0.571. The number of pyridine rings is 1. The Balaban J connectivity index is 2.11. The van der Waals surface area contributed by atoms with Gasteiger partial charge in [0.15, 0.2) is 17.2 Å². The molecule has 1 aliphatic carbocycles. The minimum absolute atomic E-state index is 0.0229. The van der Waals surface area contributed by atoms with Crippen molar-refractivity contribution in [2.24, 2.45) is 0 Å². The topological polar surface area (TPSA) is 71.5 Å². The Morgan fingerprint density at radius 2 is 2.25 bits per heavy atom. The van der Waals surface area contributed by atoms with Crippen LogP contribution in [0.3, 0.4) is 0 Å². The molecule has 1 aromatic rings. The maximum atomic E-state index is 12.3. The van der Waals surface area contributed by atoms with E-state index in [1.807, 2.05) is 0 Å². The zero-order valence-corrected chi connectivity index (χ0v) is 12.6. The molecule has 0 saturated heterocycles. The summed E-state index contributed by atoms with van der Waals surface area (Å²) in [4.78, 5) is 16.2. The van der Waals surface area contributed by atoms with Gasteiger partial charge in [0.05, 0.1) is 7.11 Å². The number of ether oxygens (including phenoxy) is 1. The number of thioether (sulfide) groups is 1. The third-order valence-corrected chi connectivity index (χ3v) is 4.81. The van der Waals surface area contributed by atoms with E-state index < -0.39 is 0 Å². The first-order chi connectivity index (χ1) is 9.67. The van der Waals surface area contributed by atoms with Crippen molar-refractivity contribution in [1.82, 2.24) is 10.3 Å². The summed E-state index contributed by atoms with van der Waals surface area (Å²) >= 11 is 1.78. The molecule has 0 radical (unpaired) electrons. The van der Waals surface area contributed by atoms with Crippen molar-refractivity contribution < 1.29 is 14.6 Å². The molecule has 1 saturated carbocycles. The van der Waals surface area contributed by atoms with Gasteiger partial charge in [-0.3, -0.25) is 4.79 Å². The van der Waals surface area contributed by atoms with Crippen LogP contribution in [0, 0.1) is 0 Å². The van der Waals surface area contributed by atoms with E-state index >= 15 is 0 Å². The molecule has 20 heavy (non-hydrogen) atoms. The Morgan fingerprint density at radius 1 is 1.50 bits per heavy atom. The Bertz CT molecular complexity index is 481. The van der Waals surface area contributed by atoms with Crippen LogP contribution in [-0.2, 0) is 0 Å². The number of carbonyl (C=O) groups is 1. The molecule has 5 nitrogen and oxygen atoms in total. The molecule has 1 aromatic heterocycles. The van der Waals surface area contributed by atoms with Gasteiger partial charge in [-0.2, -0.15) is 11.8 Å². The fourth-order valence-corrected chi connectivity index (χ4v) is 3.48. The molecule has 110 valence electrons. The molecule has 1 fully saturated rings. The van der Waals surface area contributed by atoms with E-state index in [1.165, 1.54) is 25.8 Å². The van der Waals surface area contributed by atoms with Crippen molar-refractivity contribution in [2.45, 2.75) is 37.0 Å². The minimum atomic E-state index is -0.340. The number of carbonyl (C=O) groups excluding carboxylic acids is 1. The first kappa shape index (κ1) is 15.0. The first-order valence-electron chi connectivity index (χ1n) is 6.73. The van der Waals surface area contributed by atoms with E-state index in [0.29, 0.717) is 5.25 Å². The highest BCUT2D eigenvalue weighted by atomic mass is 32.2. The highest BCUT2D eigenvalue weighted by molar-refractivity contribution is 7.99. The second-order valence-electron chi connectivity index (χ2n) is 4.85. The molecule has 1 aliphatic rings. The van der Waals surface area contributed by atoms with Gasteiger partial charge in [-0.15, -0.1) is 0 Å². The fourth-order valence-electron chi connectivity index (χ4n) is 2.55. The molecule has 0 aromatic carbocycles. The van der Waals surface area contributed by atoms with Gasteiger partial charge < -0.3 is 15.2 Å². The monoisotopic (exact) mass is 296 g/mol. The molecule has 2 N–H and O–H groups in total. The third kappa shape index (κ3) is 3.17. The highest BCUT2D eigenvalue weighted by Gasteiger charge is 2.27. The van der Waals surface area contributed by atoms with Crippen LogP contribution in [0.1, 0.15) is 36.2 Å². The lowest BCUT2D eigenvalue weighted by Crippen LogP contribution is -2.43. The average molecular weight is 296 g/mol. The summed E-state index contributed by atoms with van der Waals surface area (Å²) in [6.07, 6.45) is 7.95. The average Bonchev–Trinajstić information content (AvgIpc) is 2.48. The number of hydrogen-bond acceptors (Lipinski definition) is 5. The molecule has 1 amide bonds. The van der Waals surface area contributed by atoms with Crippen LogP contribution in [0.2, 0.25) is 0 Å². The number of amides is 1. The summed E-state index contributed by atoms with van der Waals surface area (Å²) in [6, 6.07) is 1.66. The maximum absolute atomic E-state index is 12.3. The van der Waals surface area contributed by atoms with E-state index in [0.717, 1.165) is 19.3 Å². The second-order valence-corrected chi connectivity index (χ2v) is 5.93. The van der Waals surface area contributed by atoms with E-state index in [2.05, 4.69) is 16.6 Å². The second kappa shape index (κ2) is 6.83. The van der Waals surface area contributed by atoms with Crippen LogP contribution < -0.4 is 10.1 Å². The maximum Gasteiger partial charge on any atom is 0.274 e. The van der Waals surface area contributed by atoms with E-state index in [1.54, 1.807) is 11.8 Å². The summed E-state index contributed by atoms with van der Waals surface area (Å²) in [6.45, 7) is 0. The molecule has 2 atom stereocenters. The van der Waals surface area contributed by atoms with Crippen molar-refractivity contribution in [3.8, 4) is 11.5 Å². The standard InChI is InChI=1S/C14H20N2O3S/c1-19-10-7-8-15-12(13(10)17)14(18)16-9-5-3-4-6-11(9)20-2/h7-9,11,17H,3-6H2,1-2H3,(H,16,18). The highest BCUT2D eigenvalue weighted by Crippen LogP contribution is 2.30.